The van der Waals surface area contributed by atoms with E-state index in [1.54, 1.807) is 30.3 Å². The van der Waals surface area contributed by atoms with Crippen LogP contribution in [0.25, 0.3) is 0 Å². The van der Waals surface area contributed by atoms with Gasteiger partial charge in [0, 0.05) is 6.54 Å². The molecule has 2 heterocycles. The number of thiophene rings is 1. The van der Waals surface area contributed by atoms with Crippen LogP contribution in [-0.2, 0) is 23.1 Å². The Morgan fingerprint density at radius 2 is 1.96 bits per heavy atom. The highest BCUT2D eigenvalue weighted by Gasteiger charge is 2.18. The molecule has 0 radical (unpaired) electrons. The molecule has 0 aliphatic rings. The number of carbonyl (C=O) groups excluding carboxylic acids is 1. The molecule has 28 heavy (non-hydrogen) atoms. The maximum Gasteiger partial charge on any atom is 0.240 e. The van der Waals surface area contributed by atoms with Crippen LogP contribution in [0, 0.1) is 6.92 Å². The summed E-state index contributed by atoms with van der Waals surface area (Å²) in [4.78, 5) is 13.1. The Morgan fingerprint density at radius 1 is 1.21 bits per heavy atom. The Bertz CT molecular complexity index is 1040. The highest BCUT2D eigenvalue weighted by atomic mass is 32.2. The normalized spacial score (nSPS) is 11.6. The number of hydrogen-bond donors (Lipinski definition) is 1. The lowest BCUT2D eigenvalue weighted by Gasteiger charge is -2.09. The number of Topliss-reactive ketones (excluding diaryl/α,β-unsaturated/α-hetero) is 1. The molecule has 0 unspecified atom stereocenters. The Balaban J connectivity index is 1.66. The molecule has 2 aromatic heterocycles. The van der Waals surface area contributed by atoms with Crippen LogP contribution in [0.2, 0.25) is 0 Å². The largest absolute Gasteiger partial charge is 0.305 e. The second kappa shape index (κ2) is 8.99. The fourth-order valence-corrected chi connectivity index (χ4v) is 5.11. The van der Waals surface area contributed by atoms with Crippen LogP contribution in [0.1, 0.15) is 28.0 Å². The number of thioether (sulfide) groups is 1. The Kier molecular flexibility index (Phi) is 6.65. The number of hydrogen-bond acceptors (Lipinski definition) is 7. The fourth-order valence-electron chi connectivity index (χ4n) is 2.47. The summed E-state index contributed by atoms with van der Waals surface area (Å²) in [5.74, 6) is 0.796. The predicted octanol–water partition coefficient (Wildman–Crippen LogP) is 3.12. The molecule has 0 amide bonds. The van der Waals surface area contributed by atoms with Crippen LogP contribution >= 0.6 is 23.1 Å². The molecule has 0 saturated carbocycles. The SMILES string of the molecule is CCn1c(CNS(=O)(=O)c2ccc(C)cc2)nnc1SCC(=O)c1cccs1. The quantitative estimate of drug-likeness (QED) is 0.409. The zero-order chi connectivity index (χ0) is 20.1. The first kappa shape index (κ1) is 20.7. The average Bonchev–Trinajstić information content (AvgIpc) is 3.34. The summed E-state index contributed by atoms with van der Waals surface area (Å²) in [6, 6.07) is 10.3. The van der Waals surface area contributed by atoms with Gasteiger partial charge < -0.3 is 4.57 Å². The summed E-state index contributed by atoms with van der Waals surface area (Å²) in [6.45, 7) is 4.42. The molecule has 0 bridgehead atoms. The minimum absolute atomic E-state index is 0.0243. The Labute approximate surface area is 172 Å². The van der Waals surface area contributed by atoms with E-state index in [0.29, 0.717) is 22.4 Å². The number of aryl methyl sites for hydroxylation is 1. The molecule has 0 spiro atoms. The van der Waals surface area contributed by atoms with Gasteiger partial charge in [-0.15, -0.1) is 21.5 Å². The first-order chi connectivity index (χ1) is 13.4. The molecule has 0 saturated heterocycles. The van der Waals surface area contributed by atoms with E-state index < -0.39 is 10.0 Å². The molecule has 0 aliphatic heterocycles. The molecule has 7 nitrogen and oxygen atoms in total. The lowest BCUT2D eigenvalue weighted by molar-refractivity contribution is 0.102. The smallest absolute Gasteiger partial charge is 0.240 e. The lowest BCUT2D eigenvalue weighted by atomic mass is 10.2. The number of sulfonamides is 1. The molecule has 3 rings (SSSR count). The highest BCUT2D eigenvalue weighted by molar-refractivity contribution is 7.99. The van der Waals surface area contributed by atoms with Crippen molar-refractivity contribution in [1.29, 1.82) is 0 Å². The van der Waals surface area contributed by atoms with Crippen LogP contribution in [0.4, 0.5) is 0 Å². The van der Waals surface area contributed by atoms with Gasteiger partial charge in [0.2, 0.25) is 10.0 Å². The van der Waals surface area contributed by atoms with E-state index in [4.69, 9.17) is 0 Å². The number of nitrogens with one attached hydrogen (secondary N) is 1. The summed E-state index contributed by atoms with van der Waals surface area (Å²) in [5, 5.41) is 10.7. The molecular formula is C18H20N4O3S3. The number of nitrogens with zero attached hydrogens (tertiary/aromatic N) is 3. The molecule has 3 aromatic rings. The maximum atomic E-state index is 12.5. The minimum Gasteiger partial charge on any atom is -0.305 e. The van der Waals surface area contributed by atoms with E-state index in [-0.39, 0.29) is 23.0 Å². The fraction of sp³-hybridized carbons (Fsp3) is 0.278. The third-order valence-corrected chi connectivity index (χ3v) is 7.28. The lowest BCUT2D eigenvalue weighted by Crippen LogP contribution is -2.25. The van der Waals surface area contributed by atoms with Crippen LogP contribution in [0.3, 0.4) is 0 Å². The Morgan fingerprint density at radius 3 is 2.61 bits per heavy atom. The van der Waals surface area contributed by atoms with Crippen molar-refractivity contribution in [2.45, 2.75) is 37.0 Å². The van der Waals surface area contributed by atoms with Gasteiger partial charge in [0.1, 0.15) is 5.82 Å². The standard InChI is InChI=1S/C18H20N4O3S3/c1-3-22-17(11-19-28(24,25)14-8-6-13(2)7-9-14)20-21-18(22)27-12-15(23)16-5-4-10-26-16/h4-10,19H,3,11-12H2,1-2H3. The van der Waals surface area contributed by atoms with E-state index >= 15 is 0 Å². The highest BCUT2D eigenvalue weighted by Crippen LogP contribution is 2.20. The van der Waals surface area contributed by atoms with Crippen molar-refractivity contribution in [1.82, 2.24) is 19.5 Å². The van der Waals surface area contributed by atoms with Gasteiger partial charge in [0.05, 0.1) is 22.1 Å². The summed E-state index contributed by atoms with van der Waals surface area (Å²) in [5.41, 5.74) is 0.989. The molecule has 1 aromatic carbocycles. The van der Waals surface area contributed by atoms with E-state index in [1.165, 1.54) is 23.1 Å². The molecule has 0 atom stereocenters. The van der Waals surface area contributed by atoms with Crippen LogP contribution in [0.5, 0.6) is 0 Å². The van der Waals surface area contributed by atoms with Crippen LogP contribution in [-0.4, -0.2) is 34.7 Å². The zero-order valence-corrected chi connectivity index (χ0v) is 17.9. The van der Waals surface area contributed by atoms with Crippen molar-refractivity contribution in [3.63, 3.8) is 0 Å². The molecule has 1 N–H and O–H groups in total. The first-order valence-electron chi connectivity index (χ1n) is 8.58. The monoisotopic (exact) mass is 436 g/mol. The van der Waals surface area contributed by atoms with Crippen molar-refractivity contribution in [2.75, 3.05) is 5.75 Å². The third kappa shape index (κ3) is 4.88. The van der Waals surface area contributed by atoms with Crippen molar-refractivity contribution in [3.05, 3.63) is 58.0 Å². The van der Waals surface area contributed by atoms with E-state index in [9.17, 15) is 13.2 Å². The van der Waals surface area contributed by atoms with Crippen molar-refractivity contribution in [2.24, 2.45) is 0 Å². The van der Waals surface area contributed by atoms with Gasteiger partial charge in [0.25, 0.3) is 0 Å². The second-order valence-corrected chi connectivity index (χ2v) is 9.63. The predicted molar refractivity (Wildman–Crippen MR) is 110 cm³/mol. The molecule has 10 heteroatoms. The van der Waals surface area contributed by atoms with Crippen molar-refractivity contribution in [3.8, 4) is 0 Å². The topological polar surface area (TPSA) is 93.9 Å². The maximum absolute atomic E-state index is 12.5. The number of aromatic nitrogens is 3. The molecule has 0 aliphatic carbocycles. The summed E-state index contributed by atoms with van der Waals surface area (Å²) in [7, 11) is -3.64. The average molecular weight is 437 g/mol. The Hall–Kier alpha value is -2.01. The number of rotatable bonds is 9. The van der Waals surface area contributed by atoms with E-state index in [1.807, 2.05) is 29.9 Å². The van der Waals surface area contributed by atoms with E-state index in [0.717, 1.165) is 5.56 Å². The molecular weight excluding hydrogens is 416 g/mol. The number of ketones is 1. The van der Waals surface area contributed by atoms with Gasteiger partial charge in [-0.3, -0.25) is 4.79 Å². The number of benzene rings is 1. The third-order valence-electron chi connectivity index (χ3n) is 3.99. The second-order valence-electron chi connectivity index (χ2n) is 5.97. The van der Waals surface area contributed by atoms with Crippen LogP contribution in [0.15, 0.2) is 51.8 Å². The molecule has 0 fully saturated rings. The molecule has 148 valence electrons. The van der Waals surface area contributed by atoms with Gasteiger partial charge in [-0.2, -0.15) is 0 Å². The van der Waals surface area contributed by atoms with Crippen molar-refractivity contribution < 1.29 is 13.2 Å². The minimum atomic E-state index is -3.64. The summed E-state index contributed by atoms with van der Waals surface area (Å²) >= 11 is 2.71. The van der Waals surface area contributed by atoms with Gasteiger partial charge in [0.15, 0.2) is 10.9 Å². The number of carbonyl (C=O) groups is 1. The van der Waals surface area contributed by atoms with Gasteiger partial charge in [-0.25, -0.2) is 13.1 Å². The van der Waals surface area contributed by atoms with Gasteiger partial charge in [-0.05, 0) is 37.4 Å². The summed E-state index contributed by atoms with van der Waals surface area (Å²) < 4.78 is 29.3. The first-order valence-corrected chi connectivity index (χ1v) is 11.9. The zero-order valence-electron chi connectivity index (χ0n) is 15.5. The van der Waals surface area contributed by atoms with Crippen LogP contribution < -0.4 is 4.72 Å². The summed E-state index contributed by atoms with van der Waals surface area (Å²) in [6.07, 6.45) is 0. The van der Waals surface area contributed by atoms with E-state index in [2.05, 4.69) is 14.9 Å². The van der Waals surface area contributed by atoms with Crippen molar-refractivity contribution >= 4 is 38.9 Å². The van der Waals surface area contributed by atoms with Gasteiger partial charge in [-0.1, -0.05) is 35.5 Å². The van der Waals surface area contributed by atoms with Gasteiger partial charge >= 0.3 is 0 Å².